The SMILES string of the molecule is CN[C@@H](C)[C@@H](CC(=O)OC(C)(C)C)OC.Cl. The Morgan fingerprint density at radius 1 is 1.38 bits per heavy atom. The number of ether oxygens (including phenoxy) is 2. The lowest BCUT2D eigenvalue weighted by Gasteiger charge is -2.24. The normalized spacial score (nSPS) is 14.9. The number of methoxy groups -OCH3 is 1. The molecule has 0 rings (SSSR count). The van der Waals surface area contributed by atoms with E-state index in [9.17, 15) is 4.79 Å². The minimum Gasteiger partial charge on any atom is -0.460 e. The molecular formula is C11H24ClNO3. The van der Waals surface area contributed by atoms with Gasteiger partial charge in [-0.15, -0.1) is 12.4 Å². The van der Waals surface area contributed by atoms with Crippen LogP contribution in [-0.2, 0) is 14.3 Å². The van der Waals surface area contributed by atoms with Gasteiger partial charge in [0.2, 0.25) is 0 Å². The number of likely N-dealkylation sites (N-methyl/N-ethyl adjacent to an activating group) is 1. The van der Waals surface area contributed by atoms with Crippen molar-refractivity contribution in [3.63, 3.8) is 0 Å². The Morgan fingerprint density at radius 2 is 1.88 bits per heavy atom. The quantitative estimate of drug-likeness (QED) is 0.759. The van der Waals surface area contributed by atoms with E-state index in [1.165, 1.54) is 0 Å². The molecule has 0 fully saturated rings. The highest BCUT2D eigenvalue weighted by atomic mass is 35.5. The zero-order valence-corrected chi connectivity index (χ0v) is 11.8. The summed E-state index contributed by atoms with van der Waals surface area (Å²) < 4.78 is 10.4. The van der Waals surface area contributed by atoms with Gasteiger partial charge in [-0.1, -0.05) is 0 Å². The first-order chi connectivity index (χ1) is 6.80. The van der Waals surface area contributed by atoms with Crippen molar-refractivity contribution in [3.8, 4) is 0 Å². The third-order valence-corrected chi connectivity index (χ3v) is 2.10. The number of carbonyl (C=O) groups excluding carboxylic acids is 1. The lowest BCUT2D eigenvalue weighted by Crippen LogP contribution is -2.39. The standard InChI is InChI=1S/C11H23NO3.ClH/c1-8(12-5)9(14-6)7-10(13)15-11(2,3)4;/h8-9,12H,7H2,1-6H3;1H/t8-,9+;/m0./s1. The summed E-state index contributed by atoms with van der Waals surface area (Å²) in [5.41, 5.74) is -0.432. The van der Waals surface area contributed by atoms with Gasteiger partial charge < -0.3 is 14.8 Å². The van der Waals surface area contributed by atoms with Crippen LogP contribution < -0.4 is 5.32 Å². The van der Waals surface area contributed by atoms with Crippen LogP contribution in [0.2, 0.25) is 0 Å². The largest absolute Gasteiger partial charge is 0.460 e. The predicted octanol–water partition coefficient (Wildman–Crippen LogP) is 1.76. The predicted molar refractivity (Wildman–Crippen MR) is 67.0 cm³/mol. The van der Waals surface area contributed by atoms with Crippen molar-refractivity contribution in [2.24, 2.45) is 0 Å². The fraction of sp³-hybridized carbons (Fsp3) is 0.909. The zero-order valence-electron chi connectivity index (χ0n) is 11.0. The lowest BCUT2D eigenvalue weighted by atomic mass is 10.1. The van der Waals surface area contributed by atoms with Crippen molar-refractivity contribution in [3.05, 3.63) is 0 Å². The van der Waals surface area contributed by atoms with E-state index in [1.54, 1.807) is 7.11 Å². The minimum absolute atomic E-state index is 0. The third-order valence-electron chi connectivity index (χ3n) is 2.10. The third kappa shape index (κ3) is 7.91. The molecule has 5 heteroatoms. The first-order valence-corrected chi connectivity index (χ1v) is 5.22. The summed E-state index contributed by atoms with van der Waals surface area (Å²) >= 11 is 0. The number of rotatable bonds is 5. The number of esters is 1. The van der Waals surface area contributed by atoms with Crippen LogP contribution in [0.4, 0.5) is 0 Å². The van der Waals surface area contributed by atoms with Crippen LogP contribution in [0, 0.1) is 0 Å². The van der Waals surface area contributed by atoms with Crippen LogP contribution in [-0.4, -0.2) is 37.9 Å². The van der Waals surface area contributed by atoms with E-state index >= 15 is 0 Å². The Labute approximate surface area is 104 Å². The van der Waals surface area contributed by atoms with Crippen LogP contribution in [0.15, 0.2) is 0 Å². The second-order valence-electron chi connectivity index (χ2n) is 4.64. The van der Waals surface area contributed by atoms with Gasteiger partial charge in [0.05, 0.1) is 12.5 Å². The van der Waals surface area contributed by atoms with Gasteiger partial charge in [0.1, 0.15) is 5.60 Å². The van der Waals surface area contributed by atoms with E-state index in [4.69, 9.17) is 9.47 Å². The topological polar surface area (TPSA) is 47.6 Å². The molecule has 0 aliphatic carbocycles. The number of hydrogen-bond acceptors (Lipinski definition) is 4. The summed E-state index contributed by atoms with van der Waals surface area (Å²) in [6.07, 6.45) is 0.125. The zero-order chi connectivity index (χ0) is 12.1. The average Bonchev–Trinajstić information content (AvgIpc) is 2.10. The Kier molecular flexibility index (Phi) is 8.88. The maximum Gasteiger partial charge on any atom is 0.309 e. The molecule has 0 aliphatic heterocycles. The van der Waals surface area contributed by atoms with Gasteiger partial charge in [0.15, 0.2) is 0 Å². The fourth-order valence-corrected chi connectivity index (χ4v) is 1.20. The molecule has 0 aliphatic rings. The molecule has 0 unspecified atom stereocenters. The molecule has 0 bridgehead atoms. The molecule has 0 aromatic rings. The van der Waals surface area contributed by atoms with Crippen molar-refractivity contribution in [1.29, 1.82) is 0 Å². The van der Waals surface area contributed by atoms with Crippen LogP contribution in [0.3, 0.4) is 0 Å². The van der Waals surface area contributed by atoms with Crippen LogP contribution in [0.25, 0.3) is 0 Å². The lowest BCUT2D eigenvalue weighted by molar-refractivity contribution is -0.158. The second kappa shape index (κ2) is 7.87. The van der Waals surface area contributed by atoms with Gasteiger partial charge in [-0.25, -0.2) is 0 Å². The Hall–Kier alpha value is -0.320. The number of carbonyl (C=O) groups is 1. The molecule has 0 aromatic heterocycles. The average molecular weight is 254 g/mol. The molecule has 0 saturated heterocycles. The summed E-state index contributed by atoms with van der Waals surface area (Å²) in [6.45, 7) is 7.54. The van der Waals surface area contributed by atoms with E-state index in [-0.39, 0.29) is 36.9 Å². The van der Waals surface area contributed by atoms with Gasteiger partial charge >= 0.3 is 5.97 Å². The molecule has 4 nitrogen and oxygen atoms in total. The molecule has 98 valence electrons. The number of hydrogen-bond donors (Lipinski definition) is 1. The maximum atomic E-state index is 11.5. The summed E-state index contributed by atoms with van der Waals surface area (Å²) in [7, 11) is 3.44. The van der Waals surface area contributed by atoms with Gasteiger partial charge in [0, 0.05) is 13.2 Å². The second-order valence-corrected chi connectivity index (χ2v) is 4.64. The highest BCUT2D eigenvalue weighted by Gasteiger charge is 2.23. The Bertz CT molecular complexity index is 204. The van der Waals surface area contributed by atoms with Crippen molar-refractivity contribution in [1.82, 2.24) is 5.32 Å². The summed E-state index contributed by atoms with van der Waals surface area (Å²) in [5, 5.41) is 3.05. The summed E-state index contributed by atoms with van der Waals surface area (Å²) in [4.78, 5) is 11.5. The highest BCUT2D eigenvalue weighted by Crippen LogP contribution is 2.11. The molecule has 0 saturated carbocycles. The first kappa shape index (κ1) is 18.1. The van der Waals surface area contributed by atoms with E-state index in [0.29, 0.717) is 0 Å². The fourth-order valence-electron chi connectivity index (χ4n) is 1.20. The molecule has 1 N–H and O–H groups in total. The van der Waals surface area contributed by atoms with E-state index in [0.717, 1.165) is 0 Å². The Morgan fingerprint density at radius 3 is 2.19 bits per heavy atom. The number of halogens is 1. The van der Waals surface area contributed by atoms with Crippen LogP contribution >= 0.6 is 12.4 Å². The molecule has 16 heavy (non-hydrogen) atoms. The van der Waals surface area contributed by atoms with Gasteiger partial charge in [-0.05, 0) is 34.7 Å². The summed E-state index contributed by atoms with van der Waals surface area (Å²) in [6, 6.07) is 0.127. The monoisotopic (exact) mass is 253 g/mol. The van der Waals surface area contributed by atoms with Gasteiger partial charge in [-0.2, -0.15) is 0 Å². The molecule has 2 atom stereocenters. The molecule has 0 radical (unpaired) electrons. The smallest absolute Gasteiger partial charge is 0.309 e. The van der Waals surface area contributed by atoms with Gasteiger partial charge in [-0.3, -0.25) is 4.79 Å². The molecule has 0 heterocycles. The molecule has 0 amide bonds. The first-order valence-electron chi connectivity index (χ1n) is 5.22. The molecule has 0 aromatic carbocycles. The Balaban J connectivity index is 0. The molecular weight excluding hydrogens is 230 g/mol. The van der Waals surface area contributed by atoms with Crippen molar-refractivity contribution < 1.29 is 14.3 Å². The van der Waals surface area contributed by atoms with Crippen molar-refractivity contribution in [2.45, 2.75) is 51.9 Å². The van der Waals surface area contributed by atoms with Gasteiger partial charge in [0.25, 0.3) is 0 Å². The highest BCUT2D eigenvalue weighted by molar-refractivity contribution is 5.85. The number of nitrogens with one attached hydrogen (secondary N) is 1. The van der Waals surface area contributed by atoms with E-state index in [2.05, 4.69) is 5.32 Å². The molecule has 0 spiro atoms. The maximum absolute atomic E-state index is 11.5. The summed E-state index contributed by atoms with van der Waals surface area (Å²) in [5.74, 6) is -0.226. The minimum atomic E-state index is -0.432. The van der Waals surface area contributed by atoms with Crippen molar-refractivity contribution in [2.75, 3.05) is 14.2 Å². The van der Waals surface area contributed by atoms with E-state index in [1.807, 2.05) is 34.7 Å². The van der Waals surface area contributed by atoms with E-state index < -0.39 is 5.60 Å². The van der Waals surface area contributed by atoms with Crippen molar-refractivity contribution >= 4 is 18.4 Å². The van der Waals surface area contributed by atoms with Crippen LogP contribution in [0.1, 0.15) is 34.1 Å². The van der Waals surface area contributed by atoms with Crippen LogP contribution in [0.5, 0.6) is 0 Å².